The molecular weight excluding hydrogens is 356 g/mol. The van der Waals surface area contributed by atoms with E-state index in [9.17, 15) is 9.59 Å². The van der Waals surface area contributed by atoms with Crippen molar-refractivity contribution in [1.29, 1.82) is 0 Å². The molecule has 0 saturated heterocycles. The van der Waals surface area contributed by atoms with E-state index in [1.165, 1.54) is 6.08 Å². The van der Waals surface area contributed by atoms with Crippen LogP contribution < -0.4 is 5.32 Å². The van der Waals surface area contributed by atoms with E-state index in [0.29, 0.717) is 23.5 Å². The van der Waals surface area contributed by atoms with E-state index in [-0.39, 0.29) is 12.5 Å². The van der Waals surface area contributed by atoms with Crippen molar-refractivity contribution in [3.8, 4) is 0 Å². The van der Waals surface area contributed by atoms with Gasteiger partial charge in [-0.05, 0) is 30.7 Å². The SMILES string of the molecule is CCOC(=O)c1ccccc1NC(=O)/C=C/c1cn(Cc2ccccc2)nn1. The molecule has 1 heterocycles. The second kappa shape index (κ2) is 9.27. The second-order valence-electron chi connectivity index (χ2n) is 5.92. The molecule has 142 valence electrons. The maximum absolute atomic E-state index is 12.2. The molecule has 0 aliphatic heterocycles. The number of rotatable bonds is 7. The van der Waals surface area contributed by atoms with Crippen molar-refractivity contribution < 1.29 is 14.3 Å². The Bertz CT molecular complexity index is 980. The van der Waals surface area contributed by atoms with Crippen LogP contribution in [0.1, 0.15) is 28.5 Å². The summed E-state index contributed by atoms with van der Waals surface area (Å²) in [5.74, 6) is -0.861. The number of nitrogens with one attached hydrogen (secondary N) is 1. The van der Waals surface area contributed by atoms with E-state index in [1.54, 1.807) is 48.1 Å². The predicted octanol–water partition coefficient (Wildman–Crippen LogP) is 3.16. The first-order chi connectivity index (χ1) is 13.7. The van der Waals surface area contributed by atoms with Crippen molar-refractivity contribution in [2.45, 2.75) is 13.5 Å². The lowest BCUT2D eigenvalue weighted by molar-refractivity contribution is -0.111. The number of nitrogens with zero attached hydrogens (tertiary/aromatic N) is 3. The molecule has 0 spiro atoms. The first-order valence-corrected chi connectivity index (χ1v) is 8.85. The van der Waals surface area contributed by atoms with Crippen LogP contribution >= 0.6 is 0 Å². The van der Waals surface area contributed by atoms with Crippen molar-refractivity contribution in [3.05, 3.63) is 83.7 Å². The number of benzene rings is 2. The molecule has 3 aromatic rings. The number of para-hydroxylation sites is 1. The first kappa shape index (κ1) is 19.0. The van der Waals surface area contributed by atoms with E-state index in [0.717, 1.165) is 5.56 Å². The smallest absolute Gasteiger partial charge is 0.340 e. The standard InChI is InChI=1S/C21H20N4O3/c1-2-28-21(27)18-10-6-7-11-19(18)22-20(26)13-12-17-15-25(24-23-17)14-16-8-4-3-5-9-16/h3-13,15H,2,14H2,1H3,(H,22,26)/b13-12+. The van der Waals surface area contributed by atoms with Gasteiger partial charge in [0, 0.05) is 6.08 Å². The summed E-state index contributed by atoms with van der Waals surface area (Å²) in [5.41, 5.74) is 2.37. The normalized spacial score (nSPS) is 10.8. The largest absolute Gasteiger partial charge is 0.462 e. The summed E-state index contributed by atoms with van der Waals surface area (Å²) in [6, 6.07) is 16.6. The van der Waals surface area contributed by atoms with Crippen LogP contribution in [0.3, 0.4) is 0 Å². The fraction of sp³-hybridized carbons (Fsp3) is 0.143. The van der Waals surface area contributed by atoms with Gasteiger partial charge in [-0.15, -0.1) is 5.10 Å². The van der Waals surface area contributed by atoms with E-state index in [2.05, 4.69) is 15.6 Å². The number of carbonyl (C=O) groups excluding carboxylic acids is 2. The topological polar surface area (TPSA) is 86.1 Å². The molecule has 3 rings (SSSR count). The molecule has 0 fully saturated rings. The second-order valence-corrected chi connectivity index (χ2v) is 5.92. The lowest BCUT2D eigenvalue weighted by Crippen LogP contribution is -2.13. The number of hydrogen-bond donors (Lipinski definition) is 1. The van der Waals surface area contributed by atoms with Gasteiger partial charge in [0.15, 0.2) is 0 Å². The molecule has 7 heteroatoms. The zero-order valence-electron chi connectivity index (χ0n) is 15.4. The molecule has 28 heavy (non-hydrogen) atoms. The molecule has 0 bridgehead atoms. The van der Waals surface area contributed by atoms with Crippen molar-refractivity contribution in [2.75, 3.05) is 11.9 Å². The van der Waals surface area contributed by atoms with Crippen LogP contribution in [0.5, 0.6) is 0 Å². The highest BCUT2D eigenvalue weighted by atomic mass is 16.5. The number of ether oxygens (including phenoxy) is 1. The third-order valence-corrected chi connectivity index (χ3v) is 3.83. The van der Waals surface area contributed by atoms with E-state index in [1.807, 2.05) is 30.3 Å². The quantitative estimate of drug-likeness (QED) is 0.506. The number of anilines is 1. The van der Waals surface area contributed by atoms with Gasteiger partial charge in [0.2, 0.25) is 5.91 Å². The Labute approximate surface area is 162 Å². The lowest BCUT2D eigenvalue weighted by Gasteiger charge is -2.08. The van der Waals surface area contributed by atoms with Gasteiger partial charge in [-0.25, -0.2) is 9.48 Å². The van der Waals surface area contributed by atoms with Crippen LogP contribution in [0.2, 0.25) is 0 Å². The van der Waals surface area contributed by atoms with Crippen LogP contribution in [0.4, 0.5) is 5.69 Å². The highest BCUT2D eigenvalue weighted by molar-refractivity contribution is 6.06. The molecule has 1 N–H and O–H groups in total. The Kier molecular flexibility index (Phi) is 6.30. The molecule has 0 aliphatic carbocycles. The number of esters is 1. The molecule has 7 nitrogen and oxygen atoms in total. The molecule has 0 atom stereocenters. The van der Waals surface area contributed by atoms with Crippen LogP contribution in [0.25, 0.3) is 6.08 Å². The summed E-state index contributed by atoms with van der Waals surface area (Å²) in [6.07, 6.45) is 4.67. The number of hydrogen-bond acceptors (Lipinski definition) is 5. The van der Waals surface area contributed by atoms with Crippen LogP contribution in [-0.4, -0.2) is 33.5 Å². The number of carbonyl (C=O) groups is 2. The summed E-state index contributed by atoms with van der Waals surface area (Å²) in [7, 11) is 0. The Hall–Kier alpha value is -3.74. The van der Waals surface area contributed by atoms with Gasteiger partial charge in [0.1, 0.15) is 5.69 Å². The third-order valence-electron chi connectivity index (χ3n) is 3.83. The molecule has 0 unspecified atom stereocenters. The van der Waals surface area contributed by atoms with Gasteiger partial charge in [-0.1, -0.05) is 47.7 Å². The zero-order valence-corrected chi connectivity index (χ0v) is 15.4. The monoisotopic (exact) mass is 376 g/mol. The highest BCUT2D eigenvalue weighted by Crippen LogP contribution is 2.16. The molecular formula is C21H20N4O3. The third kappa shape index (κ3) is 5.14. The van der Waals surface area contributed by atoms with E-state index >= 15 is 0 Å². The Balaban J connectivity index is 1.63. The van der Waals surface area contributed by atoms with Crippen LogP contribution in [0.15, 0.2) is 66.9 Å². The van der Waals surface area contributed by atoms with Gasteiger partial charge in [-0.3, -0.25) is 4.79 Å². The van der Waals surface area contributed by atoms with Gasteiger partial charge in [-0.2, -0.15) is 0 Å². The number of amides is 1. The summed E-state index contributed by atoms with van der Waals surface area (Å²) < 4.78 is 6.70. The summed E-state index contributed by atoms with van der Waals surface area (Å²) in [5, 5.41) is 10.8. The van der Waals surface area contributed by atoms with Gasteiger partial charge in [0.05, 0.1) is 30.6 Å². The molecule has 2 aromatic carbocycles. The minimum absolute atomic E-state index is 0.264. The number of aromatic nitrogens is 3. The average molecular weight is 376 g/mol. The molecule has 0 saturated carbocycles. The van der Waals surface area contributed by atoms with Crippen molar-refractivity contribution in [1.82, 2.24) is 15.0 Å². The van der Waals surface area contributed by atoms with Gasteiger partial charge < -0.3 is 10.1 Å². The maximum Gasteiger partial charge on any atom is 0.340 e. The maximum atomic E-state index is 12.2. The summed E-state index contributed by atoms with van der Waals surface area (Å²) >= 11 is 0. The fourth-order valence-corrected chi connectivity index (χ4v) is 2.55. The zero-order chi connectivity index (χ0) is 19.8. The first-order valence-electron chi connectivity index (χ1n) is 8.85. The van der Waals surface area contributed by atoms with Gasteiger partial charge in [0.25, 0.3) is 0 Å². The Morgan fingerprint density at radius 1 is 1.11 bits per heavy atom. The predicted molar refractivity (Wildman–Crippen MR) is 106 cm³/mol. The minimum atomic E-state index is -0.480. The molecule has 0 radical (unpaired) electrons. The minimum Gasteiger partial charge on any atom is -0.462 e. The van der Waals surface area contributed by atoms with Gasteiger partial charge >= 0.3 is 5.97 Å². The molecule has 1 aromatic heterocycles. The summed E-state index contributed by atoms with van der Waals surface area (Å²) in [4.78, 5) is 24.2. The van der Waals surface area contributed by atoms with Crippen molar-refractivity contribution >= 4 is 23.6 Å². The van der Waals surface area contributed by atoms with E-state index in [4.69, 9.17) is 4.74 Å². The fourth-order valence-electron chi connectivity index (χ4n) is 2.55. The Morgan fingerprint density at radius 2 is 1.86 bits per heavy atom. The lowest BCUT2D eigenvalue weighted by atomic mass is 10.2. The van der Waals surface area contributed by atoms with Crippen molar-refractivity contribution in [3.63, 3.8) is 0 Å². The van der Waals surface area contributed by atoms with Crippen molar-refractivity contribution in [2.24, 2.45) is 0 Å². The Morgan fingerprint density at radius 3 is 2.64 bits per heavy atom. The highest BCUT2D eigenvalue weighted by Gasteiger charge is 2.12. The summed E-state index contributed by atoms with van der Waals surface area (Å²) in [6.45, 7) is 2.59. The molecule has 1 amide bonds. The van der Waals surface area contributed by atoms with Crippen LogP contribution in [0, 0.1) is 0 Å². The average Bonchev–Trinajstić information content (AvgIpc) is 3.15. The van der Waals surface area contributed by atoms with E-state index < -0.39 is 5.97 Å². The molecule has 0 aliphatic rings. The van der Waals surface area contributed by atoms with Crippen LogP contribution in [-0.2, 0) is 16.1 Å².